The maximum atomic E-state index is 12.0. The van der Waals surface area contributed by atoms with Crippen molar-refractivity contribution in [1.82, 2.24) is 16.2 Å². The maximum Gasteiger partial charge on any atom is 0.306 e. The molecule has 3 N–H and O–H groups in total. The number of thiocarbonyl (C=S) groups is 1. The lowest BCUT2D eigenvalue weighted by molar-refractivity contribution is -0.144. The summed E-state index contributed by atoms with van der Waals surface area (Å²) in [6, 6.07) is 5.14. The Bertz CT molecular complexity index is 652. The summed E-state index contributed by atoms with van der Waals surface area (Å²) >= 11 is 8.24. The highest BCUT2D eigenvalue weighted by atomic mass is 79.9. The van der Waals surface area contributed by atoms with Crippen molar-refractivity contribution in [2.24, 2.45) is 0 Å². The molecule has 0 aromatic heterocycles. The number of carbonyl (C=O) groups excluding carboxylic acids is 3. The first-order valence-corrected chi connectivity index (χ1v) is 8.35. The van der Waals surface area contributed by atoms with Gasteiger partial charge in [0.15, 0.2) is 5.11 Å². The Morgan fingerprint density at radius 3 is 2.54 bits per heavy atom. The van der Waals surface area contributed by atoms with Gasteiger partial charge >= 0.3 is 5.97 Å². The molecule has 7 nitrogen and oxygen atoms in total. The number of hydrazine groups is 1. The van der Waals surface area contributed by atoms with Gasteiger partial charge in [-0.15, -0.1) is 0 Å². The lowest BCUT2D eigenvalue weighted by atomic mass is 10.1. The van der Waals surface area contributed by atoms with E-state index in [1.165, 1.54) is 0 Å². The number of carbonyl (C=O) groups is 3. The van der Waals surface area contributed by atoms with Crippen LogP contribution in [0.2, 0.25) is 0 Å². The van der Waals surface area contributed by atoms with Crippen LogP contribution in [0.5, 0.6) is 0 Å². The van der Waals surface area contributed by atoms with Crippen molar-refractivity contribution in [2.45, 2.75) is 26.7 Å². The molecule has 1 aromatic rings. The molecule has 0 saturated carbocycles. The van der Waals surface area contributed by atoms with Gasteiger partial charge < -0.3 is 10.1 Å². The van der Waals surface area contributed by atoms with E-state index in [0.717, 1.165) is 10.0 Å². The number of halogens is 1. The van der Waals surface area contributed by atoms with Crippen LogP contribution in [-0.4, -0.2) is 29.5 Å². The van der Waals surface area contributed by atoms with Crippen LogP contribution in [0.3, 0.4) is 0 Å². The molecule has 0 fully saturated rings. The fourth-order valence-electron chi connectivity index (χ4n) is 1.59. The minimum Gasteiger partial charge on any atom is -0.466 e. The van der Waals surface area contributed by atoms with E-state index in [1.807, 2.05) is 6.92 Å². The van der Waals surface area contributed by atoms with Crippen LogP contribution in [0.1, 0.15) is 35.7 Å². The Kier molecular flexibility index (Phi) is 8.34. The van der Waals surface area contributed by atoms with E-state index in [1.54, 1.807) is 25.1 Å². The van der Waals surface area contributed by atoms with Crippen molar-refractivity contribution in [3.8, 4) is 0 Å². The standard InChI is InChI=1S/C15H18BrN3O4S/c1-3-23-13(21)7-6-12(20)17-15(24)19-18-14(22)10-5-4-9(2)11(16)8-10/h4-5,8H,3,6-7H2,1-2H3,(H,18,22)(H2,17,19,20,24). The third-order valence-electron chi connectivity index (χ3n) is 2.84. The zero-order chi connectivity index (χ0) is 18.1. The van der Waals surface area contributed by atoms with E-state index in [-0.39, 0.29) is 24.6 Å². The van der Waals surface area contributed by atoms with Crippen molar-refractivity contribution in [1.29, 1.82) is 0 Å². The summed E-state index contributed by atoms with van der Waals surface area (Å²) in [6.45, 7) is 3.86. The van der Waals surface area contributed by atoms with E-state index in [4.69, 9.17) is 17.0 Å². The van der Waals surface area contributed by atoms with Crippen LogP contribution < -0.4 is 16.2 Å². The van der Waals surface area contributed by atoms with Gasteiger partial charge in [-0.25, -0.2) is 0 Å². The number of benzene rings is 1. The topological polar surface area (TPSA) is 96.5 Å². The first kappa shape index (κ1) is 20.0. The molecule has 0 aliphatic rings. The van der Waals surface area contributed by atoms with Gasteiger partial charge in [0.25, 0.3) is 5.91 Å². The highest BCUT2D eigenvalue weighted by Crippen LogP contribution is 2.17. The molecule has 0 atom stereocenters. The predicted molar refractivity (Wildman–Crippen MR) is 96.1 cm³/mol. The van der Waals surface area contributed by atoms with Gasteiger partial charge in [0.1, 0.15) is 0 Å². The third-order valence-corrected chi connectivity index (χ3v) is 3.90. The van der Waals surface area contributed by atoms with E-state index < -0.39 is 17.8 Å². The van der Waals surface area contributed by atoms with Crippen LogP contribution in [0, 0.1) is 6.92 Å². The minimum atomic E-state index is -0.454. The van der Waals surface area contributed by atoms with Crippen molar-refractivity contribution < 1.29 is 19.1 Å². The van der Waals surface area contributed by atoms with Gasteiger partial charge in [-0.05, 0) is 43.8 Å². The predicted octanol–water partition coefficient (Wildman–Crippen LogP) is 1.74. The number of esters is 1. The zero-order valence-electron chi connectivity index (χ0n) is 13.3. The monoisotopic (exact) mass is 415 g/mol. The molecule has 1 rings (SSSR count). The number of aryl methyl sites for hydroxylation is 1. The first-order chi connectivity index (χ1) is 11.3. The van der Waals surface area contributed by atoms with Crippen molar-refractivity contribution >= 4 is 51.0 Å². The van der Waals surface area contributed by atoms with E-state index in [0.29, 0.717) is 5.56 Å². The summed E-state index contributed by atoms with van der Waals surface area (Å²) in [6.07, 6.45) is -0.0917. The molecule has 0 spiro atoms. The van der Waals surface area contributed by atoms with Crippen molar-refractivity contribution in [2.75, 3.05) is 6.61 Å². The molecule has 130 valence electrons. The second-order valence-electron chi connectivity index (χ2n) is 4.73. The maximum absolute atomic E-state index is 12.0. The normalized spacial score (nSPS) is 9.79. The van der Waals surface area contributed by atoms with Gasteiger partial charge in [0.2, 0.25) is 5.91 Å². The third kappa shape index (κ3) is 7.05. The van der Waals surface area contributed by atoms with Crippen LogP contribution in [-0.2, 0) is 14.3 Å². The minimum absolute atomic E-state index is 0.0357. The number of amides is 2. The number of hydrogen-bond acceptors (Lipinski definition) is 5. The molecule has 0 bridgehead atoms. The Labute approximate surface area is 153 Å². The molecule has 0 heterocycles. The van der Waals surface area contributed by atoms with Gasteiger partial charge in [-0.1, -0.05) is 22.0 Å². The Hall–Kier alpha value is -2.00. The number of hydrogen-bond donors (Lipinski definition) is 3. The highest BCUT2D eigenvalue weighted by Gasteiger charge is 2.11. The highest BCUT2D eigenvalue weighted by molar-refractivity contribution is 9.10. The SMILES string of the molecule is CCOC(=O)CCC(=O)NC(=S)NNC(=O)c1ccc(C)c(Br)c1. The second-order valence-corrected chi connectivity index (χ2v) is 5.99. The van der Waals surface area contributed by atoms with E-state index in [9.17, 15) is 14.4 Å². The van der Waals surface area contributed by atoms with Crippen molar-refractivity contribution in [3.05, 3.63) is 33.8 Å². The molecular weight excluding hydrogens is 398 g/mol. The summed E-state index contributed by atoms with van der Waals surface area (Å²) < 4.78 is 5.53. The Balaban J connectivity index is 2.37. The lowest BCUT2D eigenvalue weighted by Gasteiger charge is -2.11. The van der Waals surface area contributed by atoms with Gasteiger partial charge in [0.05, 0.1) is 13.0 Å². The number of ether oxygens (including phenoxy) is 1. The second kappa shape index (κ2) is 9.99. The fourth-order valence-corrected chi connectivity index (χ4v) is 2.13. The molecule has 9 heteroatoms. The summed E-state index contributed by atoms with van der Waals surface area (Å²) in [5.41, 5.74) is 6.24. The van der Waals surface area contributed by atoms with Gasteiger partial charge in [-0.3, -0.25) is 25.2 Å². The summed E-state index contributed by atoms with van der Waals surface area (Å²) in [5.74, 6) is -1.31. The van der Waals surface area contributed by atoms with E-state index in [2.05, 4.69) is 32.1 Å². The molecule has 0 aliphatic heterocycles. The van der Waals surface area contributed by atoms with Crippen molar-refractivity contribution in [3.63, 3.8) is 0 Å². The molecular formula is C15H18BrN3O4S. The van der Waals surface area contributed by atoms with Gasteiger partial charge in [-0.2, -0.15) is 0 Å². The van der Waals surface area contributed by atoms with Crippen LogP contribution >= 0.6 is 28.1 Å². The van der Waals surface area contributed by atoms with Crippen LogP contribution in [0.25, 0.3) is 0 Å². The molecule has 2 amide bonds. The average molecular weight is 416 g/mol. The summed E-state index contributed by atoms with van der Waals surface area (Å²) in [5, 5.41) is 2.29. The van der Waals surface area contributed by atoms with Crippen LogP contribution in [0.4, 0.5) is 0 Å². The molecule has 0 radical (unpaired) electrons. The smallest absolute Gasteiger partial charge is 0.306 e. The fraction of sp³-hybridized carbons (Fsp3) is 0.333. The molecule has 1 aromatic carbocycles. The number of rotatable bonds is 5. The molecule has 0 unspecified atom stereocenters. The zero-order valence-corrected chi connectivity index (χ0v) is 15.7. The van der Waals surface area contributed by atoms with Gasteiger partial charge in [0, 0.05) is 16.5 Å². The molecule has 24 heavy (non-hydrogen) atoms. The lowest BCUT2D eigenvalue weighted by Crippen LogP contribution is -2.48. The Morgan fingerprint density at radius 2 is 1.92 bits per heavy atom. The summed E-state index contributed by atoms with van der Waals surface area (Å²) in [4.78, 5) is 34.7. The van der Waals surface area contributed by atoms with Crippen LogP contribution in [0.15, 0.2) is 22.7 Å². The molecule has 0 aliphatic carbocycles. The number of nitrogens with one attached hydrogen (secondary N) is 3. The summed E-state index contributed by atoms with van der Waals surface area (Å²) in [7, 11) is 0. The average Bonchev–Trinajstić information content (AvgIpc) is 2.53. The largest absolute Gasteiger partial charge is 0.466 e. The van der Waals surface area contributed by atoms with E-state index >= 15 is 0 Å². The quantitative estimate of drug-likeness (QED) is 0.385. The Morgan fingerprint density at radius 1 is 1.21 bits per heavy atom. The first-order valence-electron chi connectivity index (χ1n) is 7.15. The molecule has 0 saturated heterocycles.